The maximum absolute atomic E-state index is 11.0. The summed E-state index contributed by atoms with van der Waals surface area (Å²) in [4.78, 5) is 14.9. The highest BCUT2D eigenvalue weighted by Gasteiger charge is 2.20. The van der Waals surface area contributed by atoms with Gasteiger partial charge in [0, 0.05) is 37.3 Å². The van der Waals surface area contributed by atoms with Gasteiger partial charge in [0.25, 0.3) is 0 Å². The largest absolute Gasteiger partial charge is 0.354 e. The Kier molecular flexibility index (Phi) is 3.13. The van der Waals surface area contributed by atoms with E-state index in [0.717, 1.165) is 5.56 Å². The van der Waals surface area contributed by atoms with E-state index in [-0.39, 0.29) is 11.9 Å². The van der Waals surface area contributed by atoms with E-state index in [0.29, 0.717) is 25.2 Å². The van der Waals surface area contributed by atoms with E-state index in [1.807, 2.05) is 12.1 Å². The van der Waals surface area contributed by atoms with Crippen molar-refractivity contribution in [1.29, 1.82) is 5.26 Å². The first-order valence-electron chi connectivity index (χ1n) is 5.13. The van der Waals surface area contributed by atoms with Gasteiger partial charge in [-0.15, -0.1) is 0 Å². The van der Waals surface area contributed by atoms with Crippen LogP contribution >= 0.6 is 0 Å². The van der Waals surface area contributed by atoms with Crippen LogP contribution in [0.25, 0.3) is 0 Å². The molecule has 1 fully saturated rings. The Morgan fingerprint density at radius 1 is 1.69 bits per heavy atom. The third kappa shape index (κ3) is 2.35. The van der Waals surface area contributed by atoms with Crippen LogP contribution in [0.5, 0.6) is 0 Å². The fraction of sp³-hybridized carbons (Fsp3) is 0.364. The van der Waals surface area contributed by atoms with Crippen molar-refractivity contribution in [2.45, 2.75) is 19.0 Å². The molecule has 2 heterocycles. The summed E-state index contributed by atoms with van der Waals surface area (Å²) in [6, 6.07) is 5.86. The Labute approximate surface area is 93.5 Å². The van der Waals surface area contributed by atoms with Gasteiger partial charge in [0.05, 0.1) is 0 Å². The van der Waals surface area contributed by atoms with Crippen molar-refractivity contribution in [3.05, 3.63) is 29.6 Å². The molecule has 2 rings (SSSR count). The zero-order valence-corrected chi connectivity index (χ0v) is 8.73. The number of nitriles is 1. The fourth-order valence-electron chi connectivity index (χ4n) is 1.69. The average molecular weight is 216 g/mol. The highest BCUT2D eigenvalue weighted by atomic mass is 16.1. The molecule has 1 aliphatic rings. The van der Waals surface area contributed by atoms with Crippen molar-refractivity contribution in [1.82, 2.24) is 15.6 Å². The zero-order chi connectivity index (χ0) is 11.4. The molecule has 2 N–H and O–H groups in total. The third-order valence-electron chi connectivity index (χ3n) is 2.56. The van der Waals surface area contributed by atoms with Gasteiger partial charge in [0.15, 0.2) is 0 Å². The molecule has 1 saturated heterocycles. The molecule has 1 aromatic rings. The number of nitrogens with one attached hydrogen (secondary N) is 2. The van der Waals surface area contributed by atoms with Gasteiger partial charge in [0.2, 0.25) is 5.91 Å². The smallest absolute Gasteiger partial charge is 0.221 e. The lowest BCUT2D eigenvalue weighted by Crippen LogP contribution is -2.30. The number of aromatic nitrogens is 1. The summed E-state index contributed by atoms with van der Waals surface area (Å²) in [5.74, 6) is 0.0733. The molecule has 0 aromatic carbocycles. The molecule has 0 radical (unpaired) electrons. The Morgan fingerprint density at radius 3 is 3.25 bits per heavy atom. The van der Waals surface area contributed by atoms with Gasteiger partial charge in [-0.2, -0.15) is 5.26 Å². The molecule has 1 amide bonds. The molecule has 16 heavy (non-hydrogen) atoms. The number of pyridine rings is 1. The number of carbonyl (C=O) groups excluding carboxylic acids is 1. The zero-order valence-electron chi connectivity index (χ0n) is 8.73. The second-order valence-corrected chi connectivity index (χ2v) is 3.71. The van der Waals surface area contributed by atoms with Crippen LogP contribution in [0.1, 0.15) is 17.7 Å². The Balaban J connectivity index is 1.95. The van der Waals surface area contributed by atoms with E-state index in [4.69, 9.17) is 5.26 Å². The second-order valence-electron chi connectivity index (χ2n) is 3.71. The van der Waals surface area contributed by atoms with Crippen LogP contribution in [0, 0.1) is 11.3 Å². The second kappa shape index (κ2) is 4.73. The van der Waals surface area contributed by atoms with E-state index in [2.05, 4.69) is 15.6 Å². The first-order valence-corrected chi connectivity index (χ1v) is 5.13. The van der Waals surface area contributed by atoms with Crippen LogP contribution in [-0.2, 0) is 11.3 Å². The lowest BCUT2D eigenvalue weighted by molar-refractivity contribution is -0.119. The first kappa shape index (κ1) is 10.6. The molecule has 0 bridgehead atoms. The normalized spacial score (nSPS) is 19.2. The fourth-order valence-corrected chi connectivity index (χ4v) is 1.69. The lowest BCUT2D eigenvalue weighted by Gasteiger charge is -2.10. The summed E-state index contributed by atoms with van der Waals surface area (Å²) >= 11 is 0. The van der Waals surface area contributed by atoms with Crippen molar-refractivity contribution in [2.75, 3.05) is 6.54 Å². The predicted octanol–water partition coefficient (Wildman–Crippen LogP) is -0.0686. The summed E-state index contributed by atoms with van der Waals surface area (Å²) in [6.45, 7) is 1.22. The van der Waals surface area contributed by atoms with E-state index >= 15 is 0 Å². The predicted molar refractivity (Wildman–Crippen MR) is 57.2 cm³/mol. The third-order valence-corrected chi connectivity index (χ3v) is 2.56. The minimum Gasteiger partial charge on any atom is -0.354 e. The van der Waals surface area contributed by atoms with Crippen LogP contribution < -0.4 is 10.6 Å². The molecular weight excluding hydrogens is 204 g/mol. The SMILES string of the molecule is N#Cc1ncccc1CNC1CNC(=O)C1. The van der Waals surface area contributed by atoms with Crippen LogP contribution in [0.2, 0.25) is 0 Å². The molecule has 5 heteroatoms. The van der Waals surface area contributed by atoms with Crippen molar-refractivity contribution in [2.24, 2.45) is 0 Å². The van der Waals surface area contributed by atoms with E-state index < -0.39 is 0 Å². The highest BCUT2D eigenvalue weighted by molar-refractivity contribution is 5.78. The lowest BCUT2D eigenvalue weighted by atomic mass is 10.2. The van der Waals surface area contributed by atoms with Gasteiger partial charge in [-0.3, -0.25) is 4.79 Å². The molecular formula is C11H12N4O. The quantitative estimate of drug-likeness (QED) is 0.741. The topological polar surface area (TPSA) is 77.8 Å². The van der Waals surface area contributed by atoms with Gasteiger partial charge in [-0.25, -0.2) is 4.98 Å². The number of hydrogen-bond donors (Lipinski definition) is 2. The standard InChI is InChI=1S/C11H12N4O/c12-5-10-8(2-1-3-13-10)6-14-9-4-11(16)15-7-9/h1-3,9,14H,4,6-7H2,(H,15,16). The monoisotopic (exact) mass is 216 g/mol. The summed E-state index contributed by atoms with van der Waals surface area (Å²) in [7, 11) is 0. The van der Waals surface area contributed by atoms with Gasteiger partial charge >= 0.3 is 0 Å². The Hall–Kier alpha value is -1.93. The Morgan fingerprint density at radius 2 is 2.56 bits per heavy atom. The summed E-state index contributed by atoms with van der Waals surface area (Å²) in [5, 5.41) is 14.8. The van der Waals surface area contributed by atoms with E-state index in [1.54, 1.807) is 12.3 Å². The highest BCUT2D eigenvalue weighted by Crippen LogP contribution is 2.06. The van der Waals surface area contributed by atoms with Gasteiger partial charge in [0.1, 0.15) is 11.8 Å². The van der Waals surface area contributed by atoms with Gasteiger partial charge in [-0.05, 0) is 6.07 Å². The van der Waals surface area contributed by atoms with E-state index in [9.17, 15) is 4.79 Å². The van der Waals surface area contributed by atoms with Crippen molar-refractivity contribution in [3.63, 3.8) is 0 Å². The maximum Gasteiger partial charge on any atom is 0.221 e. The molecule has 82 valence electrons. The average Bonchev–Trinajstić information content (AvgIpc) is 2.73. The van der Waals surface area contributed by atoms with Crippen molar-refractivity contribution < 1.29 is 4.79 Å². The molecule has 1 aromatic heterocycles. The number of carbonyl (C=O) groups is 1. The molecule has 5 nitrogen and oxygen atoms in total. The number of rotatable bonds is 3. The van der Waals surface area contributed by atoms with Gasteiger partial charge in [-0.1, -0.05) is 6.07 Å². The molecule has 0 spiro atoms. The van der Waals surface area contributed by atoms with Gasteiger partial charge < -0.3 is 10.6 Å². The minimum absolute atomic E-state index is 0.0733. The van der Waals surface area contributed by atoms with Crippen molar-refractivity contribution >= 4 is 5.91 Å². The summed E-state index contributed by atoms with van der Waals surface area (Å²) in [6.07, 6.45) is 2.10. The molecule has 0 aliphatic carbocycles. The first-order chi connectivity index (χ1) is 7.79. The summed E-state index contributed by atoms with van der Waals surface area (Å²) < 4.78 is 0. The molecule has 1 atom stereocenters. The van der Waals surface area contributed by atoms with E-state index in [1.165, 1.54) is 0 Å². The minimum atomic E-state index is 0.0733. The number of amides is 1. The number of hydrogen-bond acceptors (Lipinski definition) is 4. The van der Waals surface area contributed by atoms with Crippen molar-refractivity contribution in [3.8, 4) is 6.07 Å². The van der Waals surface area contributed by atoms with Crippen LogP contribution in [0.4, 0.5) is 0 Å². The molecule has 1 unspecified atom stereocenters. The summed E-state index contributed by atoms with van der Waals surface area (Å²) in [5.41, 5.74) is 1.30. The Bertz CT molecular complexity index is 438. The molecule has 0 saturated carbocycles. The van der Waals surface area contributed by atoms with Crippen LogP contribution in [0.15, 0.2) is 18.3 Å². The number of nitrogens with zero attached hydrogens (tertiary/aromatic N) is 2. The van der Waals surface area contributed by atoms with Crippen LogP contribution in [0.3, 0.4) is 0 Å². The molecule has 1 aliphatic heterocycles. The maximum atomic E-state index is 11.0. The van der Waals surface area contributed by atoms with Crippen LogP contribution in [-0.4, -0.2) is 23.5 Å².